The minimum Gasteiger partial charge on any atom is -0.321 e. The highest BCUT2D eigenvalue weighted by Gasteiger charge is 2.58. The second kappa shape index (κ2) is 4.09. The van der Waals surface area contributed by atoms with Crippen LogP contribution in [0.15, 0.2) is 24.3 Å². The lowest BCUT2D eigenvalue weighted by Crippen LogP contribution is -2.32. The quantitative estimate of drug-likeness (QED) is 0.885. The molecule has 2 aliphatic rings. The molecule has 0 aromatic heterocycles. The van der Waals surface area contributed by atoms with E-state index in [2.05, 4.69) is 43.4 Å². The van der Waals surface area contributed by atoms with Gasteiger partial charge in [-0.25, -0.2) is 0 Å². The summed E-state index contributed by atoms with van der Waals surface area (Å²) in [7, 11) is 0. The van der Waals surface area contributed by atoms with Crippen molar-refractivity contribution in [1.82, 2.24) is 10.2 Å². The summed E-state index contributed by atoms with van der Waals surface area (Å²) in [6.45, 7) is 5.05. The van der Waals surface area contributed by atoms with Gasteiger partial charge in [-0.05, 0) is 31.7 Å². The van der Waals surface area contributed by atoms with Crippen molar-refractivity contribution in [2.75, 3.05) is 6.54 Å². The third-order valence-corrected chi connectivity index (χ3v) is 4.00. The van der Waals surface area contributed by atoms with Gasteiger partial charge in [-0.3, -0.25) is 10.1 Å². The average molecular weight is 244 g/mol. The van der Waals surface area contributed by atoms with Crippen LogP contribution in [0.3, 0.4) is 0 Å². The molecule has 1 spiro atoms. The molecule has 96 valence electrons. The second-order valence-electron chi connectivity index (χ2n) is 5.54. The van der Waals surface area contributed by atoms with Gasteiger partial charge in [0.15, 0.2) is 0 Å². The Morgan fingerprint density at radius 3 is 2.56 bits per heavy atom. The van der Waals surface area contributed by atoms with Crippen LogP contribution < -0.4 is 5.32 Å². The second-order valence-corrected chi connectivity index (χ2v) is 5.54. The predicted molar refractivity (Wildman–Crippen MR) is 71.0 cm³/mol. The van der Waals surface area contributed by atoms with Gasteiger partial charge in [0.25, 0.3) is 0 Å². The molecule has 18 heavy (non-hydrogen) atoms. The Balaban J connectivity index is 1.90. The molecule has 1 aromatic carbocycles. The lowest BCUT2D eigenvalue weighted by molar-refractivity contribution is -0.130. The van der Waals surface area contributed by atoms with Crippen LogP contribution in [0.2, 0.25) is 0 Å². The molecule has 1 N–H and O–H groups in total. The lowest BCUT2D eigenvalue weighted by atomic mass is 10.1. The minimum absolute atomic E-state index is 0.0700. The lowest BCUT2D eigenvalue weighted by Gasteiger charge is -2.24. The van der Waals surface area contributed by atoms with Crippen molar-refractivity contribution in [3.8, 4) is 0 Å². The number of nitrogens with zero attached hydrogens (tertiary/aromatic N) is 1. The Hall–Kier alpha value is -1.35. The fourth-order valence-corrected chi connectivity index (χ4v) is 2.76. The van der Waals surface area contributed by atoms with Crippen LogP contribution in [0.1, 0.15) is 43.5 Å². The monoisotopic (exact) mass is 244 g/mol. The first kappa shape index (κ1) is 11.7. The summed E-state index contributed by atoms with van der Waals surface area (Å²) in [6.07, 6.45) is 3.06. The van der Waals surface area contributed by atoms with Gasteiger partial charge in [-0.1, -0.05) is 36.8 Å². The topological polar surface area (TPSA) is 32.3 Å². The summed E-state index contributed by atoms with van der Waals surface area (Å²) in [6, 6.07) is 8.49. The summed E-state index contributed by atoms with van der Waals surface area (Å²) in [5, 5.41) is 3.54. The summed E-state index contributed by atoms with van der Waals surface area (Å²) in [5.41, 5.74) is 2.24. The van der Waals surface area contributed by atoms with Crippen molar-refractivity contribution in [3.63, 3.8) is 0 Å². The number of aryl methyl sites for hydroxylation is 1. The maximum absolute atomic E-state index is 12.4. The summed E-state index contributed by atoms with van der Waals surface area (Å²) in [5.74, 6) is 0.301. The van der Waals surface area contributed by atoms with Crippen molar-refractivity contribution in [2.45, 2.75) is 44.8 Å². The van der Waals surface area contributed by atoms with Crippen LogP contribution in [0.25, 0.3) is 0 Å². The highest BCUT2D eigenvalue weighted by atomic mass is 16.2. The first-order valence-electron chi connectivity index (χ1n) is 6.82. The van der Waals surface area contributed by atoms with Gasteiger partial charge in [0.1, 0.15) is 11.7 Å². The fraction of sp³-hybridized carbons (Fsp3) is 0.533. The van der Waals surface area contributed by atoms with Crippen molar-refractivity contribution < 1.29 is 4.79 Å². The molecular weight excluding hydrogens is 224 g/mol. The minimum atomic E-state index is -0.218. The zero-order valence-electron chi connectivity index (χ0n) is 11.1. The van der Waals surface area contributed by atoms with Gasteiger partial charge >= 0.3 is 0 Å². The summed E-state index contributed by atoms with van der Waals surface area (Å²) >= 11 is 0. The molecular formula is C15H20N2O. The van der Waals surface area contributed by atoms with Gasteiger partial charge < -0.3 is 4.90 Å². The van der Waals surface area contributed by atoms with Crippen molar-refractivity contribution in [3.05, 3.63) is 35.4 Å². The summed E-state index contributed by atoms with van der Waals surface area (Å²) in [4.78, 5) is 14.4. The van der Waals surface area contributed by atoms with Crippen LogP contribution >= 0.6 is 0 Å². The van der Waals surface area contributed by atoms with E-state index >= 15 is 0 Å². The number of hydrogen-bond donors (Lipinski definition) is 1. The van der Waals surface area contributed by atoms with Crippen LogP contribution in [0.5, 0.6) is 0 Å². The smallest absolute Gasteiger partial charge is 0.244 e. The average Bonchev–Trinajstić information content (AvgIpc) is 3.10. The van der Waals surface area contributed by atoms with E-state index in [0.29, 0.717) is 5.91 Å². The number of amides is 1. The van der Waals surface area contributed by atoms with Gasteiger partial charge in [0, 0.05) is 6.54 Å². The molecule has 1 saturated carbocycles. The van der Waals surface area contributed by atoms with E-state index in [1.807, 2.05) is 4.90 Å². The molecule has 1 saturated heterocycles. The van der Waals surface area contributed by atoms with E-state index < -0.39 is 0 Å². The Kier molecular flexibility index (Phi) is 2.67. The van der Waals surface area contributed by atoms with Gasteiger partial charge in [-0.2, -0.15) is 0 Å². The standard InChI is InChI=1S/C15H20N2O/c1-3-10-17-13(12-6-4-11(2)5-7-12)16-15(8-9-15)14(17)18/h4-7,13,16H,3,8-10H2,1-2H3. The Bertz CT molecular complexity index is 462. The molecule has 1 atom stereocenters. The van der Waals surface area contributed by atoms with Crippen LogP contribution in [0, 0.1) is 6.92 Å². The Labute approximate surface area is 108 Å². The van der Waals surface area contributed by atoms with Gasteiger partial charge in [0.2, 0.25) is 5.91 Å². The molecule has 1 amide bonds. The predicted octanol–water partition coefficient (Wildman–Crippen LogP) is 2.37. The van der Waals surface area contributed by atoms with E-state index in [0.717, 1.165) is 25.8 Å². The zero-order chi connectivity index (χ0) is 12.8. The number of carbonyl (C=O) groups excluding carboxylic acids is 1. The first-order valence-corrected chi connectivity index (χ1v) is 6.82. The van der Waals surface area contributed by atoms with Crippen molar-refractivity contribution >= 4 is 5.91 Å². The number of nitrogens with one attached hydrogen (secondary N) is 1. The largest absolute Gasteiger partial charge is 0.321 e. The first-order chi connectivity index (χ1) is 8.66. The van der Waals surface area contributed by atoms with Crippen molar-refractivity contribution in [1.29, 1.82) is 0 Å². The molecule has 1 heterocycles. The molecule has 1 aliphatic carbocycles. The molecule has 3 nitrogen and oxygen atoms in total. The normalized spacial score (nSPS) is 24.9. The van der Waals surface area contributed by atoms with Gasteiger partial charge in [0.05, 0.1) is 0 Å². The molecule has 1 aliphatic heterocycles. The number of carbonyl (C=O) groups is 1. The van der Waals surface area contributed by atoms with Crippen molar-refractivity contribution in [2.24, 2.45) is 0 Å². The molecule has 3 rings (SSSR count). The van der Waals surface area contributed by atoms with Crippen LogP contribution in [-0.2, 0) is 4.79 Å². The maximum Gasteiger partial charge on any atom is 0.244 e. The highest BCUT2D eigenvalue weighted by molar-refractivity contribution is 5.92. The molecule has 2 fully saturated rings. The van der Waals surface area contributed by atoms with Crippen LogP contribution in [0.4, 0.5) is 0 Å². The number of rotatable bonds is 3. The Morgan fingerprint density at radius 2 is 2.00 bits per heavy atom. The molecule has 3 heteroatoms. The molecule has 0 radical (unpaired) electrons. The number of benzene rings is 1. The molecule has 1 aromatic rings. The fourth-order valence-electron chi connectivity index (χ4n) is 2.76. The summed E-state index contributed by atoms with van der Waals surface area (Å²) < 4.78 is 0. The highest BCUT2D eigenvalue weighted by Crippen LogP contribution is 2.45. The van der Waals surface area contributed by atoms with E-state index in [-0.39, 0.29) is 11.7 Å². The Morgan fingerprint density at radius 1 is 1.33 bits per heavy atom. The SMILES string of the molecule is CCCN1C(=O)C2(CC2)NC1c1ccc(C)cc1. The number of hydrogen-bond acceptors (Lipinski definition) is 2. The van der Waals surface area contributed by atoms with E-state index in [1.165, 1.54) is 11.1 Å². The van der Waals surface area contributed by atoms with Gasteiger partial charge in [-0.15, -0.1) is 0 Å². The third kappa shape index (κ3) is 1.74. The van der Waals surface area contributed by atoms with E-state index in [9.17, 15) is 4.79 Å². The van der Waals surface area contributed by atoms with E-state index in [4.69, 9.17) is 0 Å². The molecule has 0 bridgehead atoms. The third-order valence-electron chi connectivity index (χ3n) is 4.00. The van der Waals surface area contributed by atoms with Crippen LogP contribution in [-0.4, -0.2) is 22.9 Å². The zero-order valence-corrected chi connectivity index (χ0v) is 11.1. The maximum atomic E-state index is 12.4. The van der Waals surface area contributed by atoms with E-state index in [1.54, 1.807) is 0 Å². The molecule has 1 unspecified atom stereocenters.